The Hall–Kier alpha value is -1.32. The van der Waals surface area contributed by atoms with E-state index in [1.165, 1.54) is 11.1 Å². The Morgan fingerprint density at radius 3 is 2.78 bits per heavy atom. The second-order valence-electron chi connectivity index (χ2n) is 7.66. The fraction of sp³-hybridized carbons (Fsp3) is 0.600. The van der Waals surface area contributed by atoms with Gasteiger partial charge in [0.2, 0.25) is 0 Å². The molecular weight excluding hydrogens is 288 g/mol. The monoisotopic (exact) mass is 316 g/mol. The molecule has 23 heavy (non-hydrogen) atoms. The SMILES string of the molecule is C=CCC1[C@H]2CCc3cc(O)ccc3[C@]2(CC)C[C@@](C)(O)[C@@H]1O. The highest BCUT2D eigenvalue weighted by Gasteiger charge is 2.57. The van der Waals surface area contributed by atoms with Crippen molar-refractivity contribution in [3.8, 4) is 5.75 Å². The van der Waals surface area contributed by atoms with Gasteiger partial charge in [-0.3, -0.25) is 0 Å². The molecule has 1 saturated carbocycles. The van der Waals surface area contributed by atoms with E-state index >= 15 is 0 Å². The van der Waals surface area contributed by atoms with Crippen molar-refractivity contribution in [2.75, 3.05) is 0 Å². The highest BCUT2D eigenvalue weighted by Crippen LogP contribution is 2.57. The van der Waals surface area contributed by atoms with Gasteiger partial charge in [0.1, 0.15) is 5.75 Å². The van der Waals surface area contributed by atoms with Gasteiger partial charge in [0.05, 0.1) is 11.7 Å². The number of fused-ring (bicyclic) bond motifs is 3. The Bertz CT molecular complexity index is 607. The van der Waals surface area contributed by atoms with Crippen LogP contribution in [0, 0.1) is 11.8 Å². The molecule has 1 fully saturated rings. The Morgan fingerprint density at radius 2 is 2.13 bits per heavy atom. The molecule has 0 radical (unpaired) electrons. The van der Waals surface area contributed by atoms with Gasteiger partial charge in [0, 0.05) is 5.41 Å². The minimum atomic E-state index is -1.10. The van der Waals surface area contributed by atoms with Crippen molar-refractivity contribution in [1.29, 1.82) is 0 Å². The molecule has 1 unspecified atom stereocenters. The van der Waals surface area contributed by atoms with Crippen molar-refractivity contribution < 1.29 is 15.3 Å². The van der Waals surface area contributed by atoms with Crippen molar-refractivity contribution in [3.63, 3.8) is 0 Å². The molecule has 3 nitrogen and oxygen atoms in total. The molecule has 2 aliphatic rings. The third kappa shape index (κ3) is 2.41. The van der Waals surface area contributed by atoms with Crippen molar-refractivity contribution in [2.24, 2.45) is 11.8 Å². The molecule has 0 amide bonds. The van der Waals surface area contributed by atoms with E-state index in [0.29, 0.717) is 18.1 Å². The fourth-order valence-corrected chi connectivity index (χ4v) is 5.40. The number of aryl methyl sites for hydroxylation is 1. The Kier molecular flexibility index (Phi) is 4.06. The summed E-state index contributed by atoms with van der Waals surface area (Å²) in [5, 5.41) is 31.5. The van der Waals surface area contributed by atoms with Gasteiger partial charge in [-0.2, -0.15) is 0 Å². The second kappa shape index (κ2) is 5.64. The zero-order valence-electron chi connectivity index (χ0n) is 14.1. The summed E-state index contributed by atoms with van der Waals surface area (Å²) in [5.41, 5.74) is 1.19. The van der Waals surface area contributed by atoms with E-state index in [9.17, 15) is 15.3 Å². The maximum Gasteiger partial charge on any atom is 0.115 e. The van der Waals surface area contributed by atoms with E-state index in [4.69, 9.17) is 0 Å². The third-order valence-electron chi connectivity index (χ3n) is 6.36. The van der Waals surface area contributed by atoms with Crippen LogP contribution in [0.25, 0.3) is 0 Å². The predicted molar refractivity (Wildman–Crippen MR) is 91.4 cm³/mol. The molecule has 3 heteroatoms. The lowest BCUT2D eigenvalue weighted by atomic mass is 9.49. The van der Waals surface area contributed by atoms with Gasteiger partial charge in [-0.15, -0.1) is 6.58 Å². The molecule has 0 aliphatic heterocycles. The van der Waals surface area contributed by atoms with E-state index in [0.717, 1.165) is 25.7 Å². The Morgan fingerprint density at radius 1 is 1.39 bits per heavy atom. The van der Waals surface area contributed by atoms with Crippen molar-refractivity contribution in [2.45, 2.75) is 63.1 Å². The number of phenolic OH excluding ortho intramolecular Hbond substituents is 1. The molecule has 0 aromatic heterocycles. The Balaban J connectivity index is 2.15. The van der Waals surface area contributed by atoms with Crippen LogP contribution in [0.1, 0.15) is 50.7 Å². The van der Waals surface area contributed by atoms with Crippen molar-refractivity contribution in [3.05, 3.63) is 42.0 Å². The van der Waals surface area contributed by atoms with Gasteiger partial charge in [-0.1, -0.05) is 19.1 Å². The molecule has 1 aromatic rings. The molecule has 1 aromatic carbocycles. The van der Waals surface area contributed by atoms with Crippen LogP contribution in [-0.4, -0.2) is 27.0 Å². The number of aliphatic hydroxyl groups excluding tert-OH is 1. The standard InChI is InChI=1S/C20H28O3/c1-4-6-15-17-9-7-13-11-14(21)8-10-16(13)20(17,5-2)12-19(3,23)18(15)22/h4,8,10-11,15,17-18,21-23H,1,5-7,9,12H2,2-3H3/t15?,17-,18-,19-,20+/m1/s1. The number of phenols is 1. The third-order valence-corrected chi connectivity index (χ3v) is 6.36. The molecule has 3 rings (SSSR count). The van der Waals surface area contributed by atoms with Crippen molar-refractivity contribution in [1.82, 2.24) is 0 Å². The number of allylic oxidation sites excluding steroid dienone is 1. The number of rotatable bonds is 3. The molecule has 0 bridgehead atoms. The topological polar surface area (TPSA) is 60.7 Å². The Labute approximate surface area is 138 Å². The molecule has 0 spiro atoms. The van der Waals surface area contributed by atoms with Gasteiger partial charge in [0.25, 0.3) is 0 Å². The zero-order chi connectivity index (χ0) is 16.8. The smallest absolute Gasteiger partial charge is 0.115 e. The van der Waals surface area contributed by atoms with Crippen LogP contribution in [0.15, 0.2) is 30.9 Å². The average Bonchev–Trinajstić information content (AvgIpc) is 2.51. The highest BCUT2D eigenvalue weighted by molar-refractivity contribution is 5.44. The van der Waals surface area contributed by atoms with Crippen LogP contribution in [0.4, 0.5) is 0 Å². The van der Waals surface area contributed by atoms with Gasteiger partial charge in [-0.05, 0) is 74.1 Å². The van der Waals surface area contributed by atoms with E-state index in [1.807, 2.05) is 18.2 Å². The fourth-order valence-electron chi connectivity index (χ4n) is 5.40. The number of hydrogen-bond acceptors (Lipinski definition) is 3. The molecule has 2 aliphatic carbocycles. The summed E-state index contributed by atoms with van der Waals surface area (Å²) >= 11 is 0. The number of aliphatic hydroxyl groups is 2. The first kappa shape index (κ1) is 16.5. The quantitative estimate of drug-likeness (QED) is 0.750. The molecule has 5 atom stereocenters. The first-order valence-corrected chi connectivity index (χ1v) is 8.69. The normalized spacial score (nSPS) is 39.4. The van der Waals surface area contributed by atoms with Crippen LogP contribution in [0.5, 0.6) is 5.75 Å². The minimum Gasteiger partial charge on any atom is -0.508 e. The highest BCUT2D eigenvalue weighted by atomic mass is 16.3. The molecule has 126 valence electrons. The molecule has 0 heterocycles. The van der Waals surface area contributed by atoms with Crippen LogP contribution >= 0.6 is 0 Å². The summed E-state index contributed by atoms with van der Waals surface area (Å²) < 4.78 is 0. The second-order valence-corrected chi connectivity index (χ2v) is 7.66. The van der Waals surface area contributed by atoms with Crippen LogP contribution in [0.3, 0.4) is 0 Å². The maximum atomic E-state index is 10.9. The summed E-state index contributed by atoms with van der Waals surface area (Å²) in [6.45, 7) is 7.79. The van der Waals surface area contributed by atoms with E-state index in [-0.39, 0.29) is 11.3 Å². The van der Waals surface area contributed by atoms with Crippen LogP contribution in [0.2, 0.25) is 0 Å². The summed E-state index contributed by atoms with van der Waals surface area (Å²) in [4.78, 5) is 0. The summed E-state index contributed by atoms with van der Waals surface area (Å²) in [7, 11) is 0. The number of hydrogen-bond donors (Lipinski definition) is 3. The minimum absolute atomic E-state index is 0.0261. The predicted octanol–water partition coefficient (Wildman–Crippen LogP) is 3.31. The average molecular weight is 316 g/mol. The van der Waals surface area contributed by atoms with Gasteiger partial charge < -0.3 is 15.3 Å². The largest absolute Gasteiger partial charge is 0.508 e. The van der Waals surface area contributed by atoms with Crippen LogP contribution in [-0.2, 0) is 11.8 Å². The van der Waals surface area contributed by atoms with Gasteiger partial charge in [0.15, 0.2) is 0 Å². The maximum absolute atomic E-state index is 10.9. The van der Waals surface area contributed by atoms with E-state index in [1.54, 1.807) is 13.0 Å². The molecule has 3 N–H and O–H groups in total. The molecular formula is C20H28O3. The summed E-state index contributed by atoms with van der Waals surface area (Å²) in [6.07, 6.45) is 5.25. The summed E-state index contributed by atoms with van der Waals surface area (Å²) in [5.74, 6) is 0.662. The van der Waals surface area contributed by atoms with E-state index < -0.39 is 11.7 Å². The first-order chi connectivity index (χ1) is 10.9. The van der Waals surface area contributed by atoms with E-state index in [2.05, 4.69) is 13.5 Å². The van der Waals surface area contributed by atoms with Gasteiger partial charge in [-0.25, -0.2) is 0 Å². The zero-order valence-corrected chi connectivity index (χ0v) is 14.1. The van der Waals surface area contributed by atoms with Crippen molar-refractivity contribution >= 4 is 0 Å². The molecule has 0 saturated heterocycles. The lowest BCUT2D eigenvalue weighted by molar-refractivity contribution is -0.162. The summed E-state index contributed by atoms with van der Waals surface area (Å²) in [6, 6.07) is 5.64. The van der Waals surface area contributed by atoms with Gasteiger partial charge >= 0.3 is 0 Å². The lowest BCUT2D eigenvalue weighted by Gasteiger charge is -2.58. The lowest BCUT2D eigenvalue weighted by Crippen LogP contribution is -2.61. The first-order valence-electron chi connectivity index (χ1n) is 8.69. The number of aromatic hydroxyl groups is 1. The van der Waals surface area contributed by atoms with Crippen LogP contribution < -0.4 is 0 Å². The number of benzene rings is 1.